The van der Waals surface area contributed by atoms with E-state index in [1.54, 1.807) is 11.8 Å². The molecule has 22 heavy (non-hydrogen) atoms. The standard InChI is InChI=1S/C19H23NOS/c1-14-7-2-5-11-17(14)20-19(21)13-22-18-12-6-9-15-8-3-4-10-16(15)18/h3-4,6,8-10,12,14,17H,2,5,7,11,13H2,1H3,(H,20,21)/t14-,17-/m0/s1. The van der Waals surface area contributed by atoms with E-state index in [1.807, 2.05) is 6.07 Å². The Morgan fingerprint density at radius 3 is 2.77 bits per heavy atom. The highest BCUT2D eigenvalue weighted by atomic mass is 32.2. The highest BCUT2D eigenvalue weighted by Crippen LogP contribution is 2.28. The molecule has 0 spiro atoms. The predicted molar refractivity (Wildman–Crippen MR) is 94.2 cm³/mol. The fourth-order valence-corrected chi connectivity index (χ4v) is 4.13. The van der Waals surface area contributed by atoms with Gasteiger partial charge in [0.1, 0.15) is 0 Å². The van der Waals surface area contributed by atoms with Crippen LogP contribution in [0.15, 0.2) is 47.4 Å². The Kier molecular flexibility index (Phi) is 5.04. The molecule has 0 aliphatic heterocycles. The molecule has 0 saturated heterocycles. The summed E-state index contributed by atoms with van der Waals surface area (Å²) in [5.41, 5.74) is 0. The third kappa shape index (κ3) is 3.64. The van der Waals surface area contributed by atoms with Gasteiger partial charge in [0.05, 0.1) is 5.75 Å². The van der Waals surface area contributed by atoms with Gasteiger partial charge in [0.2, 0.25) is 5.91 Å². The molecule has 116 valence electrons. The van der Waals surface area contributed by atoms with Crippen LogP contribution >= 0.6 is 11.8 Å². The molecule has 2 nitrogen and oxygen atoms in total. The number of benzene rings is 2. The van der Waals surface area contributed by atoms with E-state index in [0.717, 1.165) is 6.42 Å². The van der Waals surface area contributed by atoms with Crippen molar-refractivity contribution in [1.82, 2.24) is 5.32 Å². The van der Waals surface area contributed by atoms with Crippen LogP contribution in [-0.4, -0.2) is 17.7 Å². The summed E-state index contributed by atoms with van der Waals surface area (Å²) < 4.78 is 0. The quantitative estimate of drug-likeness (QED) is 0.834. The molecule has 2 atom stereocenters. The van der Waals surface area contributed by atoms with Gasteiger partial charge in [-0.25, -0.2) is 0 Å². The third-order valence-electron chi connectivity index (χ3n) is 4.57. The van der Waals surface area contributed by atoms with Crippen LogP contribution in [0.25, 0.3) is 10.8 Å². The first-order chi connectivity index (χ1) is 10.7. The molecule has 1 saturated carbocycles. The van der Waals surface area contributed by atoms with Crippen LogP contribution < -0.4 is 5.32 Å². The summed E-state index contributed by atoms with van der Waals surface area (Å²) in [6.45, 7) is 2.25. The van der Waals surface area contributed by atoms with E-state index in [9.17, 15) is 4.79 Å². The van der Waals surface area contributed by atoms with E-state index in [2.05, 4.69) is 48.6 Å². The monoisotopic (exact) mass is 313 g/mol. The van der Waals surface area contributed by atoms with Gasteiger partial charge in [-0.05, 0) is 35.6 Å². The minimum Gasteiger partial charge on any atom is -0.352 e. The first kappa shape index (κ1) is 15.4. The Labute approximate surface area is 136 Å². The van der Waals surface area contributed by atoms with Crippen molar-refractivity contribution < 1.29 is 4.79 Å². The second kappa shape index (κ2) is 7.19. The van der Waals surface area contributed by atoms with Crippen LogP contribution in [0.5, 0.6) is 0 Å². The van der Waals surface area contributed by atoms with Crippen molar-refractivity contribution in [2.45, 2.75) is 43.5 Å². The van der Waals surface area contributed by atoms with E-state index in [1.165, 1.54) is 34.9 Å². The zero-order valence-electron chi connectivity index (χ0n) is 13.0. The summed E-state index contributed by atoms with van der Waals surface area (Å²) in [5.74, 6) is 1.27. The topological polar surface area (TPSA) is 29.1 Å². The van der Waals surface area contributed by atoms with Gasteiger partial charge in [-0.2, -0.15) is 0 Å². The molecule has 1 aliphatic carbocycles. The average molecular weight is 313 g/mol. The van der Waals surface area contributed by atoms with E-state index < -0.39 is 0 Å². The Balaban J connectivity index is 1.60. The lowest BCUT2D eigenvalue weighted by Gasteiger charge is -2.29. The Morgan fingerprint density at radius 1 is 1.14 bits per heavy atom. The number of thioether (sulfide) groups is 1. The van der Waals surface area contributed by atoms with Gasteiger partial charge >= 0.3 is 0 Å². The van der Waals surface area contributed by atoms with Crippen molar-refractivity contribution in [1.29, 1.82) is 0 Å². The number of fused-ring (bicyclic) bond motifs is 1. The number of hydrogen-bond donors (Lipinski definition) is 1. The molecule has 1 aliphatic rings. The van der Waals surface area contributed by atoms with Crippen molar-refractivity contribution in [3.05, 3.63) is 42.5 Å². The predicted octanol–water partition coefficient (Wildman–Crippen LogP) is 4.63. The molecule has 2 aromatic rings. The average Bonchev–Trinajstić information content (AvgIpc) is 2.55. The van der Waals surface area contributed by atoms with Gasteiger partial charge in [0.15, 0.2) is 0 Å². The fraction of sp³-hybridized carbons (Fsp3) is 0.421. The van der Waals surface area contributed by atoms with Crippen LogP contribution in [-0.2, 0) is 4.79 Å². The van der Waals surface area contributed by atoms with Gasteiger partial charge in [-0.1, -0.05) is 56.2 Å². The molecule has 3 rings (SSSR count). The third-order valence-corrected chi connectivity index (χ3v) is 5.64. The second-order valence-corrected chi connectivity index (χ2v) is 7.22. The van der Waals surface area contributed by atoms with Gasteiger partial charge in [-0.15, -0.1) is 11.8 Å². The lowest BCUT2D eigenvalue weighted by Crippen LogP contribution is -2.41. The lowest BCUT2D eigenvalue weighted by atomic mass is 9.86. The summed E-state index contributed by atoms with van der Waals surface area (Å²) >= 11 is 1.64. The number of rotatable bonds is 4. The highest BCUT2D eigenvalue weighted by molar-refractivity contribution is 8.00. The maximum atomic E-state index is 12.2. The van der Waals surface area contributed by atoms with E-state index in [4.69, 9.17) is 0 Å². The molecule has 0 aromatic heterocycles. The minimum atomic E-state index is 0.164. The molecule has 3 heteroatoms. The summed E-state index contributed by atoms with van der Waals surface area (Å²) in [6, 6.07) is 15.0. The van der Waals surface area contributed by atoms with Crippen LogP contribution in [0.3, 0.4) is 0 Å². The van der Waals surface area contributed by atoms with Gasteiger partial charge < -0.3 is 5.32 Å². The maximum Gasteiger partial charge on any atom is 0.230 e. The Morgan fingerprint density at radius 2 is 1.91 bits per heavy atom. The molecule has 1 N–H and O–H groups in total. The van der Waals surface area contributed by atoms with Crippen LogP contribution in [0.1, 0.15) is 32.6 Å². The van der Waals surface area contributed by atoms with Crippen LogP contribution in [0.4, 0.5) is 0 Å². The van der Waals surface area contributed by atoms with E-state index >= 15 is 0 Å². The second-order valence-electron chi connectivity index (χ2n) is 6.20. The number of nitrogens with one attached hydrogen (secondary N) is 1. The zero-order valence-corrected chi connectivity index (χ0v) is 13.9. The SMILES string of the molecule is C[C@H]1CCCC[C@@H]1NC(=O)CSc1cccc2ccccc12. The molecule has 1 amide bonds. The van der Waals surface area contributed by atoms with Gasteiger partial charge in [0, 0.05) is 10.9 Å². The molecule has 2 aromatic carbocycles. The summed E-state index contributed by atoms with van der Waals surface area (Å²) in [7, 11) is 0. The highest BCUT2D eigenvalue weighted by Gasteiger charge is 2.22. The van der Waals surface area contributed by atoms with E-state index in [-0.39, 0.29) is 5.91 Å². The van der Waals surface area contributed by atoms with Crippen molar-refractivity contribution in [3.63, 3.8) is 0 Å². The van der Waals surface area contributed by atoms with Gasteiger partial charge in [0.25, 0.3) is 0 Å². The van der Waals surface area contributed by atoms with Crippen molar-refractivity contribution in [2.75, 3.05) is 5.75 Å². The number of amides is 1. The van der Waals surface area contributed by atoms with Gasteiger partial charge in [-0.3, -0.25) is 4.79 Å². The molecule has 0 heterocycles. The zero-order chi connectivity index (χ0) is 15.4. The lowest BCUT2D eigenvalue weighted by molar-refractivity contribution is -0.119. The first-order valence-corrected chi connectivity index (χ1v) is 9.12. The molecular weight excluding hydrogens is 290 g/mol. The molecule has 0 radical (unpaired) electrons. The Bertz CT molecular complexity index is 649. The smallest absolute Gasteiger partial charge is 0.230 e. The minimum absolute atomic E-state index is 0.164. The number of carbonyl (C=O) groups is 1. The Hall–Kier alpha value is -1.48. The van der Waals surface area contributed by atoms with Crippen LogP contribution in [0, 0.1) is 5.92 Å². The van der Waals surface area contributed by atoms with Crippen LogP contribution in [0.2, 0.25) is 0 Å². The number of hydrogen-bond acceptors (Lipinski definition) is 2. The normalized spacial score (nSPS) is 21.7. The van der Waals surface area contributed by atoms with Crippen molar-refractivity contribution in [3.8, 4) is 0 Å². The fourth-order valence-electron chi connectivity index (χ4n) is 3.24. The first-order valence-electron chi connectivity index (χ1n) is 8.14. The molecule has 0 bridgehead atoms. The van der Waals surface area contributed by atoms with Crippen molar-refractivity contribution >= 4 is 28.4 Å². The van der Waals surface area contributed by atoms with Crippen molar-refractivity contribution in [2.24, 2.45) is 5.92 Å². The van der Waals surface area contributed by atoms with E-state index in [0.29, 0.717) is 17.7 Å². The molecule has 1 fully saturated rings. The molecular formula is C19H23NOS. The summed E-state index contributed by atoms with van der Waals surface area (Å²) in [4.78, 5) is 13.4. The summed E-state index contributed by atoms with van der Waals surface area (Å²) in [5, 5.41) is 5.69. The maximum absolute atomic E-state index is 12.2. The largest absolute Gasteiger partial charge is 0.352 e. The number of carbonyl (C=O) groups excluding carboxylic acids is 1. The molecule has 0 unspecified atom stereocenters. The summed E-state index contributed by atoms with van der Waals surface area (Å²) in [6.07, 6.45) is 4.91.